The third-order valence-corrected chi connectivity index (χ3v) is 2.63. The van der Waals surface area contributed by atoms with Crippen LogP contribution in [0.4, 0.5) is 10.6 Å². The van der Waals surface area contributed by atoms with E-state index in [4.69, 9.17) is 4.52 Å². The molecule has 0 spiro atoms. The highest BCUT2D eigenvalue weighted by Crippen LogP contribution is 2.28. The molecule has 0 atom stereocenters. The third-order valence-electron chi connectivity index (χ3n) is 2.63. The lowest BCUT2D eigenvalue weighted by Crippen LogP contribution is -2.31. The standard InChI is InChI=1S/C11H13N3O4/c1-11(2,3)6-5-7(12-18-6)14-9(16)8(15)13(4)10(14)17/h5H,1-4H3. The van der Waals surface area contributed by atoms with Crippen LogP contribution in [0.5, 0.6) is 0 Å². The number of amides is 4. The molecule has 1 aliphatic heterocycles. The van der Waals surface area contributed by atoms with Crippen molar-refractivity contribution in [2.45, 2.75) is 26.2 Å². The van der Waals surface area contributed by atoms with Crippen molar-refractivity contribution in [1.29, 1.82) is 0 Å². The number of carbonyl (C=O) groups is 3. The Kier molecular flexibility index (Phi) is 2.50. The second-order valence-corrected chi connectivity index (χ2v) is 5.09. The molecule has 0 radical (unpaired) electrons. The van der Waals surface area contributed by atoms with Crippen LogP contribution in [0.15, 0.2) is 10.6 Å². The second kappa shape index (κ2) is 3.66. The topological polar surface area (TPSA) is 83.7 Å². The normalized spacial score (nSPS) is 17.0. The summed E-state index contributed by atoms with van der Waals surface area (Å²) in [4.78, 5) is 36.1. The lowest BCUT2D eigenvalue weighted by Gasteiger charge is -2.12. The molecule has 0 aromatic carbocycles. The minimum absolute atomic E-state index is 0.0348. The van der Waals surface area contributed by atoms with Crippen LogP contribution in [-0.4, -0.2) is 34.9 Å². The SMILES string of the molecule is CN1C(=O)C(=O)N(c2cc(C(C)(C)C)on2)C1=O. The van der Waals surface area contributed by atoms with Crippen molar-refractivity contribution < 1.29 is 18.9 Å². The summed E-state index contributed by atoms with van der Waals surface area (Å²) in [6, 6.07) is 0.765. The van der Waals surface area contributed by atoms with Gasteiger partial charge in [-0.15, -0.1) is 0 Å². The lowest BCUT2D eigenvalue weighted by atomic mass is 9.93. The van der Waals surface area contributed by atoms with Crippen LogP contribution >= 0.6 is 0 Å². The minimum atomic E-state index is -0.920. The molecular formula is C11H13N3O4. The van der Waals surface area contributed by atoms with Crippen molar-refractivity contribution in [2.24, 2.45) is 0 Å². The number of imide groups is 2. The Morgan fingerprint density at radius 2 is 1.78 bits per heavy atom. The van der Waals surface area contributed by atoms with E-state index in [0.717, 1.165) is 4.90 Å². The smallest absolute Gasteiger partial charge is 0.339 e. The Bertz CT molecular complexity index is 541. The number of hydrogen-bond donors (Lipinski definition) is 0. The Balaban J connectivity index is 2.39. The number of nitrogens with zero attached hydrogens (tertiary/aromatic N) is 3. The maximum Gasteiger partial charge on any atom is 0.339 e. The molecule has 1 fully saturated rings. The predicted octanol–water partition coefficient (Wildman–Crippen LogP) is 0.897. The van der Waals surface area contributed by atoms with E-state index < -0.39 is 17.8 Å². The number of rotatable bonds is 1. The van der Waals surface area contributed by atoms with E-state index in [0.29, 0.717) is 10.7 Å². The van der Waals surface area contributed by atoms with Crippen molar-refractivity contribution in [3.63, 3.8) is 0 Å². The van der Waals surface area contributed by atoms with Crippen molar-refractivity contribution in [1.82, 2.24) is 10.1 Å². The zero-order chi connectivity index (χ0) is 13.7. The van der Waals surface area contributed by atoms with Crippen molar-refractivity contribution in [2.75, 3.05) is 11.9 Å². The molecule has 2 rings (SSSR count). The van der Waals surface area contributed by atoms with E-state index in [-0.39, 0.29) is 11.2 Å². The molecule has 2 heterocycles. The molecule has 7 heteroatoms. The highest BCUT2D eigenvalue weighted by atomic mass is 16.5. The van der Waals surface area contributed by atoms with Crippen molar-refractivity contribution in [3.8, 4) is 0 Å². The summed E-state index contributed by atoms with van der Waals surface area (Å²) in [5.74, 6) is -1.23. The zero-order valence-corrected chi connectivity index (χ0v) is 10.6. The molecule has 0 aliphatic carbocycles. The van der Waals surface area contributed by atoms with Crippen LogP contribution in [0.1, 0.15) is 26.5 Å². The van der Waals surface area contributed by atoms with E-state index in [9.17, 15) is 14.4 Å². The van der Waals surface area contributed by atoms with E-state index in [1.165, 1.54) is 13.1 Å². The molecule has 1 saturated heterocycles. The van der Waals surface area contributed by atoms with Gasteiger partial charge in [-0.25, -0.2) is 9.69 Å². The van der Waals surface area contributed by atoms with Crippen LogP contribution in [-0.2, 0) is 15.0 Å². The van der Waals surface area contributed by atoms with E-state index >= 15 is 0 Å². The fourth-order valence-electron chi connectivity index (χ4n) is 1.49. The van der Waals surface area contributed by atoms with Gasteiger partial charge in [-0.3, -0.25) is 14.5 Å². The highest BCUT2D eigenvalue weighted by molar-refractivity contribution is 6.52. The number of hydrogen-bond acceptors (Lipinski definition) is 5. The van der Waals surface area contributed by atoms with Gasteiger partial charge in [0.25, 0.3) is 0 Å². The molecule has 18 heavy (non-hydrogen) atoms. The quantitative estimate of drug-likeness (QED) is 0.547. The molecule has 1 aliphatic rings. The highest BCUT2D eigenvalue weighted by Gasteiger charge is 2.45. The fourth-order valence-corrected chi connectivity index (χ4v) is 1.49. The van der Waals surface area contributed by atoms with Crippen molar-refractivity contribution in [3.05, 3.63) is 11.8 Å². The first-order valence-corrected chi connectivity index (χ1v) is 5.37. The first-order chi connectivity index (χ1) is 8.23. The average Bonchev–Trinajstić information content (AvgIpc) is 2.81. The third kappa shape index (κ3) is 1.68. The van der Waals surface area contributed by atoms with Gasteiger partial charge in [-0.05, 0) is 0 Å². The maximum atomic E-state index is 11.7. The maximum absolute atomic E-state index is 11.7. The van der Waals surface area contributed by atoms with Crippen LogP contribution in [0, 0.1) is 0 Å². The molecule has 0 bridgehead atoms. The van der Waals surface area contributed by atoms with Gasteiger partial charge in [-0.2, -0.15) is 0 Å². The minimum Gasteiger partial charge on any atom is -0.359 e. The molecule has 0 N–H and O–H groups in total. The Morgan fingerprint density at radius 3 is 2.17 bits per heavy atom. The van der Waals surface area contributed by atoms with E-state index in [1.54, 1.807) is 0 Å². The lowest BCUT2D eigenvalue weighted by molar-refractivity contribution is -0.138. The van der Waals surface area contributed by atoms with E-state index in [2.05, 4.69) is 5.16 Å². The van der Waals surface area contributed by atoms with E-state index in [1.807, 2.05) is 20.8 Å². The van der Waals surface area contributed by atoms with Gasteiger partial charge in [0.15, 0.2) is 5.82 Å². The molecular weight excluding hydrogens is 238 g/mol. The van der Waals surface area contributed by atoms with Gasteiger partial charge in [0.05, 0.1) is 0 Å². The van der Waals surface area contributed by atoms with Gasteiger partial charge in [0.2, 0.25) is 0 Å². The van der Waals surface area contributed by atoms with Crippen LogP contribution < -0.4 is 4.90 Å². The van der Waals surface area contributed by atoms with Gasteiger partial charge >= 0.3 is 17.8 Å². The molecule has 0 saturated carbocycles. The molecule has 7 nitrogen and oxygen atoms in total. The van der Waals surface area contributed by atoms with Crippen LogP contribution in [0.25, 0.3) is 0 Å². The summed E-state index contributed by atoms with van der Waals surface area (Å²) in [6.45, 7) is 5.71. The predicted molar refractivity (Wildman–Crippen MR) is 60.9 cm³/mol. The van der Waals surface area contributed by atoms with Gasteiger partial charge in [-0.1, -0.05) is 25.9 Å². The monoisotopic (exact) mass is 251 g/mol. The number of likely N-dealkylation sites (N-methyl/N-ethyl adjacent to an activating group) is 1. The fraction of sp³-hybridized carbons (Fsp3) is 0.455. The second-order valence-electron chi connectivity index (χ2n) is 5.09. The first kappa shape index (κ1) is 12.3. The van der Waals surface area contributed by atoms with Crippen LogP contribution in [0.3, 0.4) is 0 Å². The van der Waals surface area contributed by atoms with Gasteiger partial charge in [0, 0.05) is 18.5 Å². The average molecular weight is 251 g/mol. The zero-order valence-electron chi connectivity index (χ0n) is 10.6. The molecule has 96 valence electrons. The molecule has 1 aromatic heterocycles. The summed E-state index contributed by atoms with van der Waals surface area (Å²) in [5.41, 5.74) is -0.299. The molecule has 1 aromatic rings. The summed E-state index contributed by atoms with van der Waals surface area (Å²) >= 11 is 0. The summed E-state index contributed by atoms with van der Waals surface area (Å²) in [6.07, 6.45) is 0. The first-order valence-electron chi connectivity index (χ1n) is 5.37. The van der Waals surface area contributed by atoms with Crippen molar-refractivity contribution >= 4 is 23.7 Å². The number of aromatic nitrogens is 1. The molecule has 4 amide bonds. The van der Waals surface area contributed by atoms with Gasteiger partial charge in [0.1, 0.15) is 5.76 Å². The Morgan fingerprint density at radius 1 is 1.17 bits per heavy atom. The Labute approximate surface area is 103 Å². The number of urea groups is 1. The summed E-state index contributed by atoms with van der Waals surface area (Å²) < 4.78 is 5.08. The van der Waals surface area contributed by atoms with Crippen LogP contribution in [0.2, 0.25) is 0 Å². The number of anilines is 1. The number of carbonyl (C=O) groups excluding carboxylic acids is 3. The van der Waals surface area contributed by atoms with Gasteiger partial charge < -0.3 is 4.52 Å². The molecule has 0 unspecified atom stereocenters. The summed E-state index contributed by atoms with van der Waals surface area (Å²) in [5, 5.41) is 3.66. The largest absolute Gasteiger partial charge is 0.359 e. The Hall–Kier alpha value is -2.18. The summed E-state index contributed by atoms with van der Waals surface area (Å²) in [7, 11) is 1.24.